The molecule has 2 atom stereocenters. The minimum absolute atomic E-state index is 0.480. The number of ether oxygens (including phenoxy) is 2. The maximum absolute atomic E-state index is 5.89. The number of nitrogens with one attached hydrogen (secondary N) is 1. The minimum Gasteiger partial charge on any atom is -0.383 e. The molecule has 2 aliphatic heterocycles. The molecular weight excluding hydrogens is 240 g/mol. The number of likely N-dealkylation sites (tertiary alicyclic amines) is 1. The number of rotatable bonds is 7. The van der Waals surface area contributed by atoms with Crippen LogP contribution in [0.25, 0.3) is 0 Å². The maximum Gasteiger partial charge on any atom is 0.0702 e. The average molecular weight is 270 g/mol. The van der Waals surface area contributed by atoms with Crippen LogP contribution in [-0.4, -0.2) is 63.5 Å². The van der Waals surface area contributed by atoms with Crippen molar-refractivity contribution >= 4 is 0 Å². The van der Waals surface area contributed by atoms with Crippen molar-refractivity contribution in [2.45, 2.75) is 50.7 Å². The number of piperidine rings is 1. The Morgan fingerprint density at radius 1 is 1.21 bits per heavy atom. The van der Waals surface area contributed by atoms with Crippen molar-refractivity contribution in [1.29, 1.82) is 0 Å². The lowest BCUT2D eigenvalue weighted by Gasteiger charge is -2.38. The Hall–Kier alpha value is -0.160. The average Bonchev–Trinajstić information content (AvgIpc) is 2.46. The fraction of sp³-hybridized carbons (Fsp3) is 1.00. The van der Waals surface area contributed by atoms with Gasteiger partial charge in [0.1, 0.15) is 0 Å². The second kappa shape index (κ2) is 8.90. The van der Waals surface area contributed by atoms with Crippen LogP contribution in [0, 0.1) is 0 Å². The zero-order chi connectivity index (χ0) is 13.3. The fourth-order valence-electron chi connectivity index (χ4n) is 3.19. The predicted octanol–water partition coefficient (Wildman–Crippen LogP) is 1.65. The Balaban J connectivity index is 1.71. The van der Waals surface area contributed by atoms with Gasteiger partial charge in [0.15, 0.2) is 0 Å². The van der Waals surface area contributed by atoms with Crippen molar-refractivity contribution in [3.8, 4) is 0 Å². The highest BCUT2D eigenvalue weighted by Gasteiger charge is 2.25. The molecule has 1 N–H and O–H groups in total. The van der Waals surface area contributed by atoms with Gasteiger partial charge in [-0.05, 0) is 38.6 Å². The molecule has 0 aromatic heterocycles. The van der Waals surface area contributed by atoms with Crippen LogP contribution < -0.4 is 5.32 Å². The summed E-state index contributed by atoms with van der Waals surface area (Å²) in [6.45, 7) is 6.21. The van der Waals surface area contributed by atoms with E-state index in [-0.39, 0.29) is 0 Å². The van der Waals surface area contributed by atoms with E-state index < -0.39 is 0 Å². The summed E-state index contributed by atoms with van der Waals surface area (Å²) in [7, 11) is 1.76. The van der Waals surface area contributed by atoms with E-state index >= 15 is 0 Å². The fourth-order valence-corrected chi connectivity index (χ4v) is 3.19. The summed E-state index contributed by atoms with van der Waals surface area (Å²) in [6.07, 6.45) is 8.37. The van der Waals surface area contributed by atoms with E-state index in [1.54, 1.807) is 7.11 Å². The first-order valence-corrected chi connectivity index (χ1v) is 7.95. The summed E-state index contributed by atoms with van der Waals surface area (Å²) in [4.78, 5) is 2.65. The standard InChI is InChI=1S/C15H30N2O2/c1-18-11-8-16-12-14-6-2-4-9-17(14)13-15-7-3-5-10-19-15/h14-16H,2-13H2,1H3. The molecule has 0 aliphatic carbocycles. The molecule has 2 aliphatic rings. The predicted molar refractivity (Wildman–Crippen MR) is 77.5 cm³/mol. The largest absolute Gasteiger partial charge is 0.383 e. The molecule has 0 bridgehead atoms. The quantitative estimate of drug-likeness (QED) is 0.713. The molecule has 0 aromatic rings. The molecule has 0 spiro atoms. The van der Waals surface area contributed by atoms with Gasteiger partial charge in [-0.2, -0.15) is 0 Å². The van der Waals surface area contributed by atoms with Crippen LogP contribution >= 0.6 is 0 Å². The highest BCUT2D eigenvalue weighted by molar-refractivity contribution is 4.81. The van der Waals surface area contributed by atoms with Gasteiger partial charge >= 0.3 is 0 Å². The molecule has 0 aromatic carbocycles. The molecule has 2 saturated heterocycles. The van der Waals surface area contributed by atoms with Gasteiger partial charge in [-0.1, -0.05) is 6.42 Å². The Labute approximate surface area is 117 Å². The van der Waals surface area contributed by atoms with Crippen LogP contribution in [0.15, 0.2) is 0 Å². The Morgan fingerprint density at radius 2 is 2.11 bits per heavy atom. The van der Waals surface area contributed by atoms with E-state index in [1.165, 1.54) is 45.1 Å². The molecule has 4 heteroatoms. The van der Waals surface area contributed by atoms with Gasteiger partial charge in [-0.25, -0.2) is 0 Å². The molecule has 2 rings (SSSR count). The van der Waals surface area contributed by atoms with E-state index in [1.807, 2.05) is 0 Å². The summed E-state index contributed by atoms with van der Waals surface area (Å²) < 4.78 is 11.0. The maximum atomic E-state index is 5.89. The molecule has 0 radical (unpaired) electrons. The van der Waals surface area contributed by atoms with Crippen molar-refractivity contribution in [3.05, 3.63) is 0 Å². The van der Waals surface area contributed by atoms with Crippen molar-refractivity contribution in [2.24, 2.45) is 0 Å². The van der Waals surface area contributed by atoms with Gasteiger partial charge in [-0.3, -0.25) is 4.90 Å². The lowest BCUT2D eigenvalue weighted by atomic mass is 10.00. The van der Waals surface area contributed by atoms with E-state index in [9.17, 15) is 0 Å². The van der Waals surface area contributed by atoms with Crippen LogP contribution in [0.5, 0.6) is 0 Å². The van der Waals surface area contributed by atoms with Gasteiger partial charge < -0.3 is 14.8 Å². The summed E-state index contributed by atoms with van der Waals surface area (Å²) in [5, 5.41) is 3.52. The normalized spacial score (nSPS) is 29.5. The Bertz CT molecular complexity index is 232. The molecule has 2 heterocycles. The van der Waals surface area contributed by atoms with E-state index in [0.29, 0.717) is 12.1 Å². The summed E-state index contributed by atoms with van der Waals surface area (Å²) in [5.74, 6) is 0. The molecule has 4 nitrogen and oxygen atoms in total. The molecule has 2 fully saturated rings. The minimum atomic E-state index is 0.480. The van der Waals surface area contributed by atoms with Gasteiger partial charge in [0.2, 0.25) is 0 Å². The highest BCUT2D eigenvalue weighted by atomic mass is 16.5. The topological polar surface area (TPSA) is 33.7 Å². The van der Waals surface area contributed by atoms with Crippen LogP contribution in [0.2, 0.25) is 0 Å². The van der Waals surface area contributed by atoms with Gasteiger partial charge in [0.25, 0.3) is 0 Å². The number of methoxy groups -OCH3 is 1. The third kappa shape index (κ3) is 5.38. The first-order valence-electron chi connectivity index (χ1n) is 7.95. The van der Waals surface area contributed by atoms with Crippen molar-refractivity contribution in [3.63, 3.8) is 0 Å². The van der Waals surface area contributed by atoms with Crippen LogP contribution in [0.4, 0.5) is 0 Å². The first-order chi connectivity index (χ1) is 9.40. The number of hydrogen-bond acceptors (Lipinski definition) is 4. The molecule has 112 valence electrons. The third-order valence-corrected chi connectivity index (χ3v) is 4.32. The van der Waals surface area contributed by atoms with Crippen molar-refractivity contribution in [2.75, 3.05) is 46.5 Å². The van der Waals surface area contributed by atoms with E-state index in [0.717, 1.165) is 32.8 Å². The monoisotopic (exact) mass is 270 g/mol. The zero-order valence-electron chi connectivity index (χ0n) is 12.4. The zero-order valence-corrected chi connectivity index (χ0v) is 12.4. The molecule has 2 unspecified atom stereocenters. The third-order valence-electron chi connectivity index (χ3n) is 4.32. The SMILES string of the molecule is COCCNCC1CCCCN1CC1CCCCO1. The number of hydrogen-bond donors (Lipinski definition) is 1. The number of nitrogens with zero attached hydrogens (tertiary/aromatic N) is 1. The molecule has 19 heavy (non-hydrogen) atoms. The lowest BCUT2D eigenvalue weighted by molar-refractivity contribution is -0.0192. The summed E-state index contributed by atoms with van der Waals surface area (Å²) in [6, 6.07) is 0.691. The lowest BCUT2D eigenvalue weighted by Crippen LogP contribution is -2.49. The van der Waals surface area contributed by atoms with Gasteiger partial charge in [-0.15, -0.1) is 0 Å². The van der Waals surface area contributed by atoms with E-state index in [4.69, 9.17) is 9.47 Å². The van der Waals surface area contributed by atoms with Gasteiger partial charge in [0.05, 0.1) is 12.7 Å². The summed E-state index contributed by atoms with van der Waals surface area (Å²) in [5.41, 5.74) is 0. The summed E-state index contributed by atoms with van der Waals surface area (Å²) >= 11 is 0. The molecular formula is C15H30N2O2. The van der Waals surface area contributed by atoms with Crippen molar-refractivity contribution in [1.82, 2.24) is 10.2 Å². The molecule has 0 amide bonds. The van der Waals surface area contributed by atoms with E-state index in [2.05, 4.69) is 10.2 Å². The van der Waals surface area contributed by atoms with Crippen LogP contribution in [0.3, 0.4) is 0 Å². The van der Waals surface area contributed by atoms with Crippen molar-refractivity contribution < 1.29 is 9.47 Å². The van der Waals surface area contributed by atoms with Crippen LogP contribution in [-0.2, 0) is 9.47 Å². The van der Waals surface area contributed by atoms with Gasteiger partial charge in [0, 0.05) is 39.4 Å². The molecule has 0 saturated carbocycles. The Kier molecular flexibility index (Phi) is 7.14. The Morgan fingerprint density at radius 3 is 2.89 bits per heavy atom. The second-order valence-corrected chi connectivity index (χ2v) is 5.83. The second-order valence-electron chi connectivity index (χ2n) is 5.83. The highest BCUT2D eigenvalue weighted by Crippen LogP contribution is 2.20. The smallest absolute Gasteiger partial charge is 0.0702 e. The van der Waals surface area contributed by atoms with Crippen LogP contribution in [0.1, 0.15) is 38.5 Å². The first kappa shape index (κ1) is 15.2.